The van der Waals surface area contributed by atoms with Crippen LogP contribution in [0.4, 0.5) is 8.78 Å². The summed E-state index contributed by atoms with van der Waals surface area (Å²) in [6.07, 6.45) is 1.84. The number of ether oxygens (including phenoxy) is 1. The average Bonchev–Trinajstić information content (AvgIpc) is 3.03. The number of rotatable bonds is 3. The maximum atomic E-state index is 13.6. The van der Waals surface area contributed by atoms with Crippen molar-refractivity contribution in [1.82, 2.24) is 0 Å². The van der Waals surface area contributed by atoms with Gasteiger partial charge in [0.05, 0.1) is 0 Å². The van der Waals surface area contributed by atoms with E-state index in [9.17, 15) is 22.0 Å². The Balaban J connectivity index is 1.75. The van der Waals surface area contributed by atoms with Crippen LogP contribution in [0.3, 0.4) is 0 Å². The molecule has 0 fully saturated rings. The largest absolute Gasteiger partial charge is 0.454 e. The Morgan fingerprint density at radius 1 is 1.00 bits per heavy atom. The smallest absolute Gasteiger partial charge is 0.421 e. The molecule has 4 rings (SSSR count). The van der Waals surface area contributed by atoms with Crippen molar-refractivity contribution in [3.8, 4) is 0 Å². The number of hydrogen-bond acceptors (Lipinski definition) is 4. The summed E-state index contributed by atoms with van der Waals surface area (Å²) in [4.78, 5) is 11.6. The van der Waals surface area contributed by atoms with Gasteiger partial charge in [-0.15, -0.1) is 0 Å². The van der Waals surface area contributed by atoms with E-state index in [0.29, 0.717) is 12.0 Å². The van der Waals surface area contributed by atoms with Crippen LogP contribution in [0.25, 0.3) is 27.3 Å². The molecule has 3 aromatic rings. The van der Waals surface area contributed by atoms with Gasteiger partial charge in [-0.05, 0) is 39.6 Å². The number of hydrogen-bond donors (Lipinski definition) is 1. The van der Waals surface area contributed by atoms with Gasteiger partial charge in [-0.25, -0.2) is 18.4 Å². The molecule has 27 heavy (non-hydrogen) atoms. The lowest BCUT2D eigenvalue weighted by Gasteiger charge is -2.14. The van der Waals surface area contributed by atoms with E-state index < -0.39 is 21.2 Å². The highest BCUT2D eigenvalue weighted by Gasteiger charge is 2.53. The van der Waals surface area contributed by atoms with Crippen LogP contribution in [0.2, 0.25) is 0 Å². The normalized spacial score (nSPS) is 14.3. The van der Waals surface area contributed by atoms with Crippen molar-refractivity contribution in [2.75, 3.05) is 0 Å². The third-order valence-electron chi connectivity index (χ3n) is 4.59. The van der Waals surface area contributed by atoms with Crippen molar-refractivity contribution in [1.29, 1.82) is 0 Å². The number of nitrogens with two attached hydrogens (primary N) is 1. The number of carbonyl (C=O) groups excluding carboxylic acids is 1. The summed E-state index contributed by atoms with van der Waals surface area (Å²) in [5, 5.41) is 3.60. The molecule has 0 saturated heterocycles. The van der Waals surface area contributed by atoms with Crippen molar-refractivity contribution in [3.05, 3.63) is 65.7 Å². The maximum Gasteiger partial charge on any atom is 0.454 e. The molecule has 138 valence electrons. The van der Waals surface area contributed by atoms with E-state index in [1.165, 1.54) is 6.08 Å². The first kappa shape index (κ1) is 17.6. The number of benzene rings is 3. The third-order valence-corrected chi connectivity index (χ3v) is 5.47. The Hall–Kier alpha value is -2.84. The van der Waals surface area contributed by atoms with E-state index in [4.69, 9.17) is 0 Å². The molecule has 0 amide bonds. The molecular weight excluding hydrogens is 376 g/mol. The number of primary sulfonamides is 1. The van der Waals surface area contributed by atoms with Crippen molar-refractivity contribution in [3.63, 3.8) is 0 Å². The highest BCUT2D eigenvalue weighted by atomic mass is 32.2. The lowest BCUT2D eigenvalue weighted by molar-refractivity contribution is -0.153. The van der Waals surface area contributed by atoms with E-state index >= 15 is 0 Å². The second-order valence-electron chi connectivity index (χ2n) is 6.20. The van der Waals surface area contributed by atoms with Gasteiger partial charge in [-0.1, -0.05) is 48.5 Å². The fourth-order valence-corrected chi connectivity index (χ4v) is 3.55. The molecule has 0 spiro atoms. The molecule has 0 bridgehead atoms. The van der Waals surface area contributed by atoms with Gasteiger partial charge >= 0.3 is 11.2 Å². The number of carbonyl (C=O) groups is 1. The minimum Gasteiger partial charge on any atom is -0.421 e. The molecule has 3 aromatic carbocycles. The topological polar surface area (TPSA) is 86.5 Å². The van der Waals surface area contributed by atoms with E-state index in [0.717, 1.165) is 27.1 Å². The quantitative estimate of drug-likeness (QED) is 0.550. The number of sulfonamides is 1. The van der Waals surface area contributed by atoms with Crippen LogP contribution in [-0.2, 0) is 26.0 Å². The van der Waals surface area contributed by atoms with Crippen LogP contribution in [0.1, 0.15) is 11.1 Å². The molecule has 0 heterocycles. The van der Waals surface area contributed by atoms with Gasteiger partial charge in [0.15, 0.2) is 0 Å². The first-order chi connectivity index (χ1) is 12.7. The number of fused-ring (bicyclic) bond motifs is 5. The maximum absolute atomic E-state index is 13.6. The fraction of sp³-hybridized carbons (Fsp3) is 0.105. The number of halogens is 2. The Bertz CT molecular complexity index is 1250. The second-order valence-corrected chi connectivity index (χ2v) is 7.80. The summed E-state index contributed by atoms with van der Waals surface area (Å²) in [6.45, 7) is 0. The Morgan fingerprint density at radius 2 is 1.70 bits per heavy atom. The summed E-state index contributed by atoms with van der Waals surface area (Å²) < 4.78 is 53.7. The summed E-state index contributed by atoms with van der Waals surface area (Å²) in [7, 11) is -5.41. The van der Waals surface area contributed by atoms with E-state index in [-0.39, 0.29) is 5.76 Å². The zero-order valence-electron chi connectivity index (χ0n) is 13.8. The van der Waals surface area contributed by atoms with Crippen LogP contribution in [-0.4, -0.2) is 19.6 Å². The van der Waals surface area contributed by atoms with Crippen LogP contribution in [0.5, 0.6) is 0 Å². The van der Waals surface area contributed by atoms with Gasteiger partial charge in [0.1, 0.15) is 5.76 Å². The highest BCUT2D eigenvalue weighted by molar-refractivity contribution is 7.91. The predicted octanol–water partition coefficient (Wildman–Crippen LogP) is 3.31. The summed E-state index contributed by atoms with van der Waals surface area (Å²) >= 11 is 0. The van der Waals surface area contributed by atoms with Gasteiger partial charge in [-0.2, -0.15) is 8.78 Å². The molecule has 0 atom stereocenters. The summed E-state index contributed by atoms with van der Waals surface area (Å²) in [5.41, 5.74) is 1.29. The minimum absolute atomic E-state index is 0.103. The lowest BCUT2D eigenvalue weighted by atomic mass is 9.96. The van der Waals surface area contributed by atoms with Gasteiger partial charge in [0, 0.05) is 5.56 Å². The lowest BCUT2D eigenvalue weighted by Crippen LogP contribution is -2.43. The zero-order valence-corrected chi connectivity index (χ0v) is 14.6. The van der Waals surface area contributed by atoms with Gasteiger partial charge in [0.25, 0.3) is 10.0 Å². The first-order valence-electron chi connectivity index (χ1n) is 7.96. The number of alkyl halides is 2. The summed E-state index contributed by atoms with van der Waals surface area (Å²) in [6, 6.07) is 15.2. The molecule has 0 radical (unpaired) electrons. The van der Waals surface area contributed by atoms with Crippen molar-refractivity contribution >= 4 is 43.3 Å². The Morgan fingerprint density at radius 3 is 2.44 bits per heavy atom. The predicted molar refractivity (Wildman–Crippen MR) is 97.3 cm³/mol. The molecule has 8 heteroatoms. The molecule has 0 aliphatic heterocycles. The number of allylic oxidation sites excluding steroid dienone is 1. The standard InChI is InChI=1S/C19H13F2NO4S/c20-19(21,27(22,24)25)18(23)26-17-10-9-15-14-6-5-11-3-1-2-4-12(11)13(14)7-8-16(15)17/h1-8,10H,9H2,(H2,22,24,25). The van der Waals surface area contributed by atoms with Crippen molar-refractivity contribution in [2.24, 2.45) is 5.14 Å². The fourth-order valence-electron chi connectivity index (χ4n) is 3.28. The van der Waals surface area contributed by atoms with Gasteiger partial charge in [0.2, 0.25) is 0 Å². The molecule has 2 N–H and O–H groups in total. The third kappa shape index (κ3) is 2.68. The molecule has 1 aliphatic rings. The summed E-state index contributed by atoms with van der Waals surface area (Å²) in [5.74, 6) is -2.32. The van der Waals surface area contributed by atoms with Crippen molar-refractivity contribution in [2.45, 2.75) is 11.7 Å². The van der Waals surface area contributed by atoms with Gasteiger partial charge < -0.3 is 4.74 Å². The molecule has 0 unspecified atom stereocenters. The van der Waals surface area contributed by atoms with Crippen LogP contribution in [0.15, 0.2) is 54.6 Å². The van der Waals surface area contributed by atoms with E-state index in [1.54, 1.807) is 6.07 Å². The van der Waals surface area contributed by atoms with Crippen LogP contribution >= 0.6 is 0 Å². The first-order valence-corrected chi connectivity index (χ1v) is 9.51. The monoisotopic (exact) mass is 389 g/mol. The van der Waals surface area contributed by atoms with Crippen molar-refractivity contribution < 1.29 is 26.7 Å². The highest BCUT2D eigenvalue weighted by Crippen LogP contribution is 2.37. The Kier molecular flexibility index (Phi) is 3.79. The molecule has 0 aromatic heterocycles. The van der Waals surface area contributed by atoms with E-state index in [1.807, 2.05) is 42.5 Å². The Labute approximate surface area is 153 Å². The molecule has 0 saturated carbocycles. The molecular formula is C19H13F2NO4S. The SMILES string of the molecule is NS(=O)(=O)C(F)(F)C(=O)OC1=CCc2c1ccc1c2ccc2ccccc21. The molecule has 1 aliphatic carbocycles. The van der Waals surface area contributed by atoms with Crippen LogP contribution < -0.4 is 5.14 Å². The molecule has 5 nitrogen and oxygen atoms in total. The average molecular weight is 389 g/mol. The minimum atomic E-state index is -5.41. The van der Waals surface area contributed by atoms with Gasteiger partial charge in [-0.3, -0.25) is 0 Å². The zero-order chi connectivity index (χ0) is 19.4. The number of esters is 1. The van der Waals surface area contributed by atoms with E-state index in [2.05, 4.69) is 9.88 Å². The second kappa shape index (κ2) is 5.83. The van der Waals surface area contributed by atoms with Crippen LogP contribution in [0, 0.1) is 0 Å².